The van der Waals surface area contributed by atoms with Crippen LogP contribution in [0.2, 0.25) is 0 Å². The van der Waals surface area contributed by atoms with Gasteiger partial charge in [-0.15, -0.1) is 0 Å². The molecule has 172 valence electrons. The van der Waals surface area contributed by atoms with Crippen molar-refractivity contribution in [3.05, 3.63) is 30.3 Å². The number of carbonyl (C=O) groups is 2. The number of amides is 1. The fraction of sp³-hybridized carbons (Fsp3) is 0.619. The standard InChI is InChI=1S/C21H29NO8S/c1-3-4-10-28-12-14(23)17(24)18-16-15(29-20(26)22-16)11-21(30-18,19(25)27-2)31-13-8-6-5-7-9-13/h5-9,14-18,23-24H,3-4,10-12H2,1-2H3,(H,22,26)/t14-,15?,16-,17-,18?,21-/m1/s1. The molecule has 2 fully saturated rings. The number of hydrogen-bond acceptors (Lipinski definition) is 9. The molecule has 3 rings (SSSR count). The van der Waals surface area contributed by atoms with Crippen molar-refractivity contribution in [2.45, 2.75) is 66.5 Å². The summed E-state index contributed by atoms with van der Waals surface area (Å²) >= 11 is 1.11. The third-order valence-corrected chi connectivity index (χ3v) is 6.54. The summed E-state index contributed by atoms with van der Waals surface area (Å²) < 4.78 is 21.9. The van der Waals surface area contributed by atoms with Gasteiger partial charge in [-0.25, -0.2) is 9.59 Å². The number of fused-ring (bicyclic) bond motifs is 1. The normalized spacial score (nSPS) is 29.4. The molecule has 3 N–H and O–H groups in total. The zero-order chi connectivity index (χ0) is 22.4. The van der Waals surface area contributed by atoms with Crippen LogP contribution in [0.25, 0.3) is 0 Å². The highest BCUT2D eigenvalue weighted by Gasteiger charge is 2.59. The van der Waals surface area contributed by atoms with Gasteiger partial charge in [0.2, 0.25) is 4.93 Å². The van der Waals surface area contributed by atoms with Crippen LogP contribution in [-0.2, 0) is 23.7 Å². The summed E-state index contributed by atoms with van der Waals surface area (Å²) in [5.74, 6) is -0.673. The number of alkyl carbamates (subject to hydrolysis) is 1. The first-order chi connectivity index (χ1) is 14.9. The van der Waals surface area contributed by atoms with Gasteiger partial charge < -0.3 is 34.5 Å². The molecule has 0 aromatic heterocycles. The molecule has 2 saturated heterocycles. The van der Waals surface area contributed by atoms with Crippen molar-refractivity contribution in [1.29, 1.82) is 0 Å². The van der Waals surface area contributed by atoms with Gasteiger partial charge in [-0.3, -0.25) is 0 Å². The van der Waals surface area contributed by atoms with E-state index >= 15 is 0 Å². The first-order valence-electron chi connectivity index (χ1n) is 10.3. The van der Waals surface area contributed by atoms with Crippen molar-refractivity contribution in [2.24, 2.45) is 0 Å². The molecule has 2 unspecified atom stereocenters. The van der Waals surface area contributed by atoms with Gasteiger partial charge in [-0.1, -0.05) is 43.3 Å². The van der Waals surface area contributed by atoms with Gasteiger partial charge in [0.05, 0.1) is 19.8 Å². The first-order valence-corrected chi connectivity index (χ1v) is 11.1. The Morgan fingerprint density at radius 2 is 2.10 bits per heavy atom. The Bertz CT molecular complexity index is 750. The van der Waals surface area contributed by atoms with Gasteiger partial charge in [-0.2, -0.15) is 0 Å². The lowest BCUT2D eigenvalue weighted by molar-refractivity contribution is -0.200. The highest BCUT2D eigenvalue weighted by molar-refractivity contribution is 8.01. The largest absolute Gasteiger partial charge is 0.466 e. The molecule has 1 aromatic carbocycles. The lowest BCUT2D eigenvalue weighted by Crippen LogP contribution is -2.63. The van der Waals surface area contributed by atoms with Crippen molar-refractivity contribution in [2.75, 3.05) is 20.3 Å². The van der Waals surface area contributed by atoms with Gasteiger partial charge in [0.15, 0.2) is 0 Å². The Balaban J connectivity index is 1.84. The van der Waals surface area contributed by atoms with Crippen LogP contribution < -0.4 is 5.32 Å². The number of nitrogens with one attached hydrogen (secondary N) is 1. The van der Waals surface area contributed by atoms with Crippen molar-refractivity contribution in [3.8, 4) is 0 Å². The van der Waals surface area contributed by atoms with Gasteiger partial charge in [0.1, 0.15) is 24.4 Å². The van der Waals surface area contributed by atoms with E-state index in [1.165, 1.54) is 7.11 Å². The number of aliphatic hydroxyl groups excluding tert-OH is 2. The van der Waals surface area contributed by atoms with E-state index in [-0.39, 0.29) is 13.0 Å². The highest BCUT2D eigenvalue weighted by atomic mass is 32.2. The predicted molar refractivity (Wildman–Crippen MR) is 111 cm³/mol. The Morgan fingerprint density at radius 3 is 2.77 bits per heavy atom. The maximum absolute atomic E-state index is 12.8. The molecule has 2 heterocycles. The smallest absolute Gasteiger partial charge is 0.407 e. The van der Waals surface area contributed by atoms with Crippen LogP contribution in [0.3, 0.4) is 0 Å². The minimum atomic E-state index is -1.57. The summed E-state index contributed by atoms with van der Waals surface area (Å²) in [5, 5.41) is 24.0. The van der Waals surface area contributed by atoms with Gasteiger partial charge in [-0.05, 0) is 18.6 Å². The Hall–Kier alpha value is -1.85. The molecule has 0 saturated carbocycles. The average Bonchev–Trinajstić information content (AvgIpc) is 3.15. The van der Waals surface area contributed by atoms with E-state index in [9.17, 15) is 19.8 Å². The zero-order valence-electron chi connectivity index (χ0n) is 17.6. The molecule has 1 aromatic rings. The molecular weight excluding hydrogens is 426 g/mol. The van der Waals surface area contributed by atoms with Crippen LogP contribution in [0, 0.1) is 0 Å². The summed E-state index contributed by atoms with van der Waals surface area (Å²) in [6.07, 6.45) is -3.46. The summed E-state index contributed by atoms with van der Waals surface area (Å²) in [6, 6.07) is 8.37. The van der Waals surface area contributed by atoms with Crippen LogP contribution in [0.5, 0.6) is 0 Å². The number of unbranched alkanes of at least 4 members (excludes halogenated alkanes) is 1. The third-order valence-electron chi connectivity index (χ3n) is 5.28. The molecule has 0 bridgehead atoms. The maximum atomic E-state index is 12.8. The van der Waals surface area contributed by atoms with E-state index in [4.69, 9.17) is 18.9 Å². The van der Waals surface area contributed by atoms with E-state index in [1.54, 1.807) is 0 Å². The fourth-order valence-corrected chi connectivity index (χ4v) is 4.91. The van der Waals surface area contributed by atoms with Crippen LogP contribution in [0.4, 0.5) is 4.79 Å². The predicted octanol–water partition coefficient (Wildman–Crippen LogP) is 1.45. The molecule has 31 heavy (non-hydrogen) atoms. The number of rotatable bonds is 10. The van der Waals surface area contributed by atoms with Crippen molar-refractivity contribution < 1.29 is 38.7 Å². The summed E-state index contributed by atoms with van der Waals surface area (Å²) in [5.41, 5.74) is 0. The van der Waals surface area contributed by atoms with E-state index in [0.29, 0.717) is 6.61 Å². The lowest BCUT2D eigenvalue weighted by Gasteiger charge is -2.44. The molecular formula is C21H29NO8S. The molecule has 1 amide bonds. The zero-order valence-corrected chi connectivity index (χ0v) is 18.4. The second-order valence-corrected chi connectivity index (χ2v) is 8.88. The van der Waals surface area contributed by atoms with E-state index in [0.717, 1.165) is 29.5 Å². The molecule has 9 nitrogen and oxygen atoms in total. The van der Waals surface area contributed by atoms with Crippen molar-refractivity contribution in [3.63, 3.8) is 0 Å². The molecule has 10 heteroatoms. The molecule has 2 aliphatic rings. The molecule has 0 aliphatic carbocycles. The fourth-order valence-electron chi connectivity index (χ4n) is 3.67. The van der Waals surface area contributed by atoms with Gasteiger partial charge in [0.25, 0.3) is 0 Å². The SMILES string of the molecule is CCCCOC[C@@H](O)[C@@H](O)C1O[C@](Sc2ccccc2)(C(=O)OC)CC2OC(=O)N[C@H]21. The maximum Gasteiger partial charge on any atom is 0.407 e. The first kappa shape index (κ1) is 23.8. The number of esters is 1. The van der Waals surface area contributed by atoms with Crippen LogP contribution in [0.1, 0.15) is 26.2 Å². The number of thioether (sulfide) groups is 1. The number of benzene rings is 1. The van der Waals surface area contributed by atoms with Gasteiger partial charge in [0, 0.05) is 17.9 Å². The number of aliphatic hydroxyl groups is 2. The van der Waals surface area contributed by atoms with Gasteiger partial charge >= 0.3 is 12.1 Å². The number of ether oxygens (including phenoxy) is 4. The highest BCUT2D eigenvalue weighted by Crippen LogP contribution is 2.46. The minimum Gasteiger partial charge on any atom is -0.466 e. The Labute approximate surface area is 185 Å². The molecule has 0 radical (unpaired) electrons. The van der Waals surface area contributed by atoms with Crippen molar-refractivity contribution >= 4 is 23.8 Å². The minimum absolute atomic E-state index is 0.0228. The summed E-state index contributed by atoms with van der Waals surface area (Å²) in [7, 11) is 1.24. The second-order valence-electron chi connectivity index (χ2n) is 7.55. The molecule has 6 atom stereocenters. The van der Waals surface area contributed by atoms with E-state index < -0.39 is 47.5 Å². The second kappa shape index (κ2) is 10.6. The monoisotopic (exact) mass is 455 g/mol. The van der Waals surface area contributed by atoms with Crippen LogP contribution >= 0.6 is 11.8 Å². The van der Waals surface area contributed by atoms with E-state index in [2.05, 4.69) is 5.32 Å². The third kappa shape index (κ3) is 5.50. The van der Waals surface area contributed by atoms with Crippen LogP contribution in [0.15, 0.2) is 35.2 Å². The Kier molecular flexibility index (Phi) is 8.17. The average molecular weight is 456 g/mol. The molecule has 0 spiro atoms. The molecule has 2 aliphatic heterocycles. The topological polar surface area (TPSA) is 124 Å². The quantitative estimate of drug-likeness (QED) is 0.355. The van der Waals surface area contributed by atoms with E-state index in [1.807, 2.05) is 37.3 Å². The Morgan fingerprint density at radius 1 is 1.35 bits per heavy atom. The summed E-state index contributed by atoms with van der Waals surface area (Å²) in [4.78, 5) is 23.9. The lowest BCUT2D eigenvalue weighted by atomic mass is 9.90. The van der Waals surface area contributed by atoms with Crippen molar-refractivity contribution in [1.82, 2.24) is 5.32 Å². The number of hydrogen-bond donors (Lipinski definition) is 3. The number of carbonyl (C=O) groups excluding carboxylic acids is 2. The summed E-state index contributed by atoms with van der Waals surface area (Å²) in [6.45, 7) is 2.36. The van der Waals surface area contributed by atoms with Crippen LogP contribution in [-0.4, -0.2) is 78.0 Å². The number of methoxy groups -OCH3 is 1.